The summed E-state index contributed by atoms with van der Waals surface area (Å²) in [5, 5.41) is 11.9. The van der Waals surface area contributed by atoms with Crippen LogP contribution in [0.15, 0.2) is 36.5 Å². The first kappa shape index (κ1) is 14.2. The molecule has 2 heterocycles. The Labute approximate surface area is 126 Å². The molecule has 0 spiro atoms. The number of piperazine rings is 1. The van der Waals surface area contributed by atoms with Crippen molar-refractivity contribution in [2.75, 3.05) is 13.1 Å². The molecule has 1 N–H and O–H groups in total. The van der Waals surface area contributed by atoms with Gasteiger partial charge in [0.05, 0.1) is 5.69 Å². The van der Waals surface area contributed by atoms with Gasteiger partial charge in [-0.2, -0.15) is 0 Å². The van der Waals surface area contributed by atoms with Crippen LogP contribution in [-0.2, 0) is 20.0 Å². The lowest BCUT2D eigenvalue weighted by Crippen LogP contribution is -2.55. The molecule has 0 radical (unpaired) electrons. The largest absolute Gasteiger partial charge is 0.311 e. The number of rotatable bonds is 4. The Kier molecular flexibility index (Phi) is 4.31. The van der Waals surface area contributed by atoms with Gasteiger partial charge in [-0.25, -0.2) is 0 Å². The highest BCUT2D eigenvalue weighted by Gasteiger charge is 2.25. The number of aromatic nitrogens is 3. The predicted molar refractivity (Wildman–Crippen MR) is 82.8 cm³/mol. The molecular formula is C16H23N5. The third kappa shape index (κ3) is 3.68. The second-order valence-electron chi connectivity index (χ2n) is 5.96. The van der Waals surface area contributed by atoms with E-state index in [4.69, 9.17) is 0 Å². The summed E-state index contributed by atoms with van der Waals surface area (Å²) in [6.45, 7) is 5.22. The van der Waals surface area contributed by atoms with Crippen molar-refractivity contribution in [1.29, 1.82) is 0 Å². The fourth-order valence-electron chi connectivity index (χ4n) is 2.93. The van der Waals surface area contributed by atoms with E-state index >= 15 is 0 Å². The molecule has 1 aliphatic rings. The molecule has 0 aliphatic carbocycles. The van der Waals surface area contributed by atoms with E-state index in [-0.39, 0.29) is 0 Å². The lowest BCUT2D eigenvalue weighted by Gasteiger charge is -2.38. The summed E-state index contributed by atoms with van der Waals surface area (Å²) < 4.78 is 1.77. The maximum atomic E-state index is 4.20. The number of nitrogens with zero attached hydrogens (tertiary/aromatic N) is 4. The standard InChI is InChI=1S/C16H23N5/c1-13-9-17-15(8-14-6-4-3-5-7-14)11-21(13)12-16-10-20(2)19-18-16/h3-7,10,13,15,17H,8-9,11-12H2,1-2H3. The van der Waals surface area contributed by atoms with Crippen molar-refractivity contribution in [1.82, 2.24) is 25.2 Å². The molecular weight excluding hydrogens is 262 g/mol. The van der Waals surface area contributed by atoms with Gasteiger partial charge in [0.15, 0.2) is 0 Å². The minimum atomic E-state index is 0.500. The van der Waals surface area contributed by atoms with E-state index in [0.717, 1.165) is 31.7 Å². The van der Waals surface area contributed by atoms with Crippen LogP contribution in [0.5, 0.6) is 0 Å². The van der Waals surface area contributed by atoms with Gasteiger partial charge in [-0.05, 0) is 18.9 Å². The molecule has 1 aromatic heterocycles. The molecule has 21 heavy (non-hydrogen) atoms. The molecule has 2 atom stereocenters. The van der Waals surface area contributed by atoms with Crippen molar-refractivity contribution in [3.8, 4) is 0 Å². The van der Waals surface area contributed by atoms with Crippen LogP contribution in [0, 0.1) is 0 Å². The average Bonchev–Trinajstić information content (AvgIpc) is 2.89. The van der Waals surface area contributed by atoms with Crippen LogP contribution < -0.4 is 5.32 Å². The summed E-state index contributed by atoms with van der Waals surface area (Å²) in [5.41, 5.74) is 2.44. The van der Waals surface area contributed by atoms with Crippen LogP contribution in [-0.4, -0.2) is 45.1 Å². The normalized spacial score (nSPS) is 23.3. The van der Waals surface area contributed by atoms with E-state index in [1.807, 2.05) is 13.2 Å². The SMILES string of the molecule is CC1CNC(Cc2ccccc2)CN1Cc1cn(C)nn1. The summed E-state index contributed by atoms with van der Waals surface area (Å²) in [6.07, 6.45) is 3.07. The van der Waals surface area contributed by atoms with Crippen molar-refractivity contribution in [2.24, 2.45) is 7.05 Å². The van der Waals surface area contributed by atoms with Gasteiger partial charge in [0.1, 0.15) is 0 Å². The van der Waals surface area contributed by atoms with Crippen molar-refractivity contribution in [2.45, 2.75) is 32.0 Å². The lowest BCUT2D eigenvalue weighted by molar-refractivity contribution is 0.131. The van der Waals surface area contributed by atoms with E-state index < -0.39 is 0 Å². The van der Waals surface area contributed by atoms with E-state index in [1.165, 1.54) is 5.56 Å². The minimum absolute atomic E-state index is 0.500. The zero-order valence-corrected chi connectivity index (χ0v) is 12.7. The first-order valence-electron chi connectivity index (χ1n) is 7.57. The van der Waals surface area contributed by atoms with Crippen LogP contribution in [0.4, 0.5) is 0 Å². The second kappa shape index (κ2) is 6.37. The maximum Gasteiger partial charge on any atom is 0.0967 e. The van der Waals surface area contributed by atoms with Gasteiger partial charge in [0.25, 0.3) is 0 Å². The van der Waals surface area contributed by atoms with Gasteiger partial charge in [0.2, 0.25) is 0 Å². The van der Waals surface area contributed by atoms with Crippen LogP contribution in [0.25, 0.3) is 0 Å². The zero-order chi connectivity index (χ0) is 14.7. The number of aryl methyl sites for hydroxylation is 1. The predicted octanol–water partition coefficient (Wildman–Crippen LogP) is 1.22. The highest BCUT2D eigenvalue weighted by Crippen LogP contribution is 2.13. The van der Waals surface area contributed by atoms with Gasteiger partial charge in [-0.3, -0.25) is 9.58 Å². The van der Waals surface area contributed by atoms with Crippen LogP contribution >= 0.6 is 0 Å². The van der Waals surface area contributed by atoms with E-state index in [0.29, 0.717) is 12.1 Å². The minimum Gasteiger partial charge on any atom is -0.311 e. The third-order valence-corrected chi connectivity index (χ3v) is 4.12. The molecule has 5 nitrogen and oxygen atoms in total. The summed E-state index contributed by atoms with van der Waals surface area (Å²) in [4.78, 5) is 2.49. The number of nitrogens with one attached hydrogen (secondary N) is 1. The van der Waals surface area contributed by atoms with E-state index in [2.05, 4.69) is 57.8 Å². The van der Waals surface area contributed by atoms with Crippen molar-refractivity contribution < 1.29 is 0 Å². The summed E-state index contributed by atoms with van der Waals surface area (Å²) in [5.74, 6) is 0. The molecule has 1 aliphatic heterocycles. The lowest BCUT2D eigenvalue weighted by atomic mass is 10.0. The number of benzene rings is 1. The van der Waals surface area contributed by atoms with Crippen molar-refractivity contribution >= 4 is 0 Å². The van der Waals surface area contributed by atoms with Gasteiger partial charge in [0, 0.05) is 45.0 Å². The molecule has 1 fully saturated rings. The third-order valence-electron chi connectivity index (χ3n) is 4.12. The maximum absolute atomic E-state index is 4.20. The van der Waals surface area contributed by atoms with Gasteiger partial charge in [-0.15, -0.1) is 5.10 Å². The highest BCUT2D eigenvalue weighted by molar-refractivity contribution is 5.16. The molecule has 2 unspecified atom stereocenters. The smallest absolute Gasteiger partial charge is 0.0967 e. The van der Waals surface area contributed by atoms with Crippen LogP contribution in [0.1, 0.15) is 18.2 Å². The number of hydrogen-bond acceptors (Lipinski definition) is 4. The Balaban J connectivity index is 1.61. The zero-order valence-electron chi connectivity index (χ0n) is 12.7. The molecule has 3 rings (SSSR count). The Morgan fingerprint density at radius 1 is 1.29 bits per heavy atom. The molecule has 1 aromatic carbocycles. The molecule has 5 heteroatoms. The first-order valence-corrected chi connectivity index (χ1v) is 7.57. The monoisotopic (exact) mass is 285 g/mol. The summed E-state index contributed by atoms with van der Waals surface area (Å²) in [7, 11) is 1.91. The van der Waals surface area contributed by atoms with Crippen LogP contribution in [0.3, 0.4) is 0 Å². The van der Waals surface area contributed by atoms with E-state index in [1.54, 1.807) is 4.68 Å². The molecule has 0 amide bonds. The Morgan fingerprint density at radius 3 is 2.81 bits per heavy atom. The van der Waals surface area contributed by atoms with Gasteiger partial charge < -0.3 is 5.32 Å². The fraction of sp³-hybridized carbons (Fsp3) is 0.500. The topological polar surface area (TPSA) is 46.0 Å². The molecule has 0 saturated carbocycles. The Morgan fingerprint density at radius 2 is 2.10 bits per heavy atom. The molecule has 2 aromatic rings. The molecule has 1 saturated heterocycles. The second-order valence-corrected chi connectivity index (χ2v) is 5.96. The summed E-state index contributed by atoms with van der Waals surface area (Å²) in [6, 6.07) is 11.7. The molecule has 112 valence electrons. The Bertz CT molecular complexity index is 565. The number of hydrogen-bond donors (Lipinski definition) is 1. The fourth-order valence-corrected chi connectivity index (χ4v) is 2.93. The quantitative estimate of drug-likeness (QED) is 0.917. The van der Waals surface area contributed by atoms with Crippen molar-refractivity contribution in [3.63, 3.8) is 0 Å². The van der Waals surface area contributed by atoms with E-state index in [9.17, 15) is 0 Å². The van der Waals surface area contributed by atoms with Crippen LogP contribution in [0.2, 0.25) is 0 Å². The highest BCUT2D eigenvalue weighted by atomic mass is 15.4. The average molecular weight is 285 g/mol. The van der Waals surface area contributed by atoms with Gasteiger partial charge >= 0.3 is 0 Å². The van der Waals surface area contributed by atoms with Gasteiger partial charge in [-0.1, -0.05) is 35.5 Å². The first-order chi connectivity index (χ1) is 10.2. The molecule has 0 bridgehead atoms. The Hall–Kier alpha value is -1.72. The van der Waals surface area contributed by atoms with Crippen molar-refractivity contribution in [3.05, 3.63) is 47.8 Å². The summed E-state index contributed by atoms with van der Waals surface area (Å²) >= 11 is 0.